The fraction of sp³-hybridized carbons (Fsp3) is 0. The van der Waals surface area contributed by atoms with Crippen LogP contribution in [0.2, 0.25) is 0 Å². The first-order chi connectivity index (χ1) is 6.86. The SMILES string of the molecule is Cl.O=c1[nH]c2ccccc2n2ccnc12. The van der Waals surface area contributed by atoms with Crippen LogP contribution in [0.1, 0.15) is 0 Å². The molecule has 1 N–H and O–H groups in total. The zero-order valence-electron chi connectivity index (χ0n) is 7.68. The van der Waals surface area contributed by atoms with Gasteiger partial charge in [0.05, 0.1) is 11.0 Å². The molecular formula is C10H8ClN3O. The predicted molar refractivity (Wildman–Crippen MR) is 60.6 cm³/mol. The van der Waals surface area contributed by atoms with Crippen LogP contribution in [0.25, 0.3) is 16.7 Å². The summed E-state index contributed by atoms with van der Waals surface area (Å²) in [4.78, 5) is 18.3. The van der Waals surface area contributed by atoms with Gasteiger partial charge in [0.2, 0.25) is 5.65 Å². The molecule has 1 aromatic carbocycles. The van der Waals surface area contributed by atoms with Crippen molar-refractivity contribution in [2.45, 2.75) is 0 Å². The third-order valence-electron chi connectivity index (χ3n) is 2.26. The predicted octanol–water partition coefficient (Wildman–Crippen LogP) is 1.60. The van der Waals surface area contributed by atoms with Crippen LogP contribution in [0.3, 0.4) is 0 Å². The van der Waals surface area contributed by atoms with E-state index in [2.05, 4.69) is 9.97 Å². The molecule has 3 rings (SSSR count). The Kier molecular flexibility index (Phi) is 2.21. The van der Waals surface area contributed by atoms with Gasteiger partial charge in [0.1, 0.15) is 0 Å². The van der Waals surface area contributed by atoms with Gasteiger partial charge in [-0.1, -0.05) is 12.1 Å². The molecule has 2 heterocycles. The van der Waals surface area contributed by atoms with Crippen LogP contribution in [-0.2, 0) is 0 Å². The highest BCUT2D eigenvalue weighted by Crippen LogP contribution is 2.09. The molecule has 0 radical (unpaired) electrons. The number of hydrogen-bond donors (Lipinski definition) is 1. The first kappa shape index (κ1) is 9.73. The third kappa shape index (κ3) is 1.30. The Bertz CT molecular complexity index is 671. The molecule has 0 atom stereocenters. The lowest BCUT2D eigenvalue weighted by Gasteiger charge is -1.99. The number of hydrogen-bond acceptors (Lipinski definition) is 2. The summed E-state index contributed by atoms with van der Waals surface area (Å²) in [5, 5.41) is 0. The second-order valence-corrected chi connectivity index (χ2v) is 3.09. The number of aromatic nitrogens is 3. The summed E-state index contributed by atoms with van der Waals surface area (Å²) < 4.78 is 1.79. The van der Waals surface area contributed by atoms with Gasteiger partial charge in [-0.25, -0.2) is 4.98 Å². The molecule has 15 heavy (non-hydrogen) atoms. The molecule has 0 spiro atoms. The van der Waals surface area contributed by atoms with Gasteiger partial charge in [-0.15, -0.1) is 12.4 Å². The summed E-state index contributed by atoms with van der Waals surface area (Å²) in [5.74, 6) is 0. The first-order valence-corrected chi connectivity index (χ1v) is 4.30. The van der Waals surface area contributed by atoms with Crippen LogP contribution in [-0.4, -0.2) is 14.4 Å². The fourth-order valence-corrected chi connectivity index (χ4v) is 1.63. The summed E-state index contributed by atoms with van der Waals surface area (Å²) in [6.07, 6.45) is 3.41. The minimum atomic E-state index is -0.159. The fourth-order valence-electron chi connectivity index (χ4n) is 1.63. The van der Waals surface area contributed by atoms with Crippen molar-refractivity contribution in [2.75, 3.05) is 0 Å². The van der Waals surface area contributed by atoms with Crippen LogP contribution >= 0.6 is 12.4 Å². The maximum Gasteiger partial charge on any atom is 0.292 e. The van der Waals surface area contributed by atoms with Crippen molar-refractivity contribution < 1.29 is 0 Å². The van der Waals surface area contributed by atoms with Gasteiger partial charge < -0.3 is 4.98 Å². The maximum atomic E-state index is 11.5. The molecular weight excluding hydrogens is 214 g/mol. The number of rotatable bonds is 0. The molecule has 0 saturated carbocycles. The quantitative estimate of drug-likeness (QED) is 0.627. The molecule has 76 valence electrons. The van der Waals surface area contributed by atoms with Gasteiger partial charge in [-0.3, -0.25) is 9.20 Å². The van der Waals surface area contributed by atoms with Crippen molar-refractivity contribution in [1.82, 2.24) is 14.4 Å². The lowest BCUT2D eigenvalue weighted by molar-refractivity contribution is 1.17. The van der Waals surface area contributed by atoms with Crippen LogP contribution in [0.15, 0.2) is 41.5 Å². The molecule has 0 fully saturated rings. The number of benzene rings is 1. The molecule has 5 heteroatoms. The number of fused-ring (bicyclic) bond motifs is 3. The second kappa shape index (κ2) is 3.40. The van der Waals surface area contributed by atoms with E-state index < -0.39 is 0 Å². The molecule has 4 nitrogen and oxygen atoms in total. The highest BCUT2D eigenvalue weighted by atomic mass is 35.5. The monoisotopic (exact) mass is 221 g/mol. The summed E-state index contributed by atoms with van der Waals surface area (Å²) >= 11 is 0. The van der Waals surface area contributed by atoms with Crippen molar-refractivity contribution >= 4 is 29.1 Å². The summed E-state index contributed by atoms with van der Waals surface area (Å²) in [5.41, 5.74) is 2.06. The van der Waals surface area contributed by atoms with E-state index in [4.69, 9.17) is 0 Å². The van der Waals surface area contributed by atoms with Crippen molar-refractivity contribution in [3.8, 4) is 0 Å². The zero-order chi connectivity index (χ0) is 9.54. The number of nitrogens with one attached hydrogen (secondary N) is 1. The van der Waals surface area contributed by atoms with Gasteiger partial charge in [-0.05, 0) is 12.1 Å². The van der Waals surface area contributed by atoms with E-state index in [1.165, 1.54) is 0 Å². The Hall–Kier alpha value is -1.81. The van der Waals surface area contributed by atoms with E-state index in [0.717, 1.165) is 11.0 Å². The summed E-state index contributed by atoms with van der Waals surface area (Å²) in [6.45, 7) is 0. The number of H-pyrrole nitrogens is 1. The van der Waals surface area contributed by atoms with Gasteiger partial charge >= 0.3 is 0 Å². The van der Waals surface area contributed by atoms with E-state index in [1.54, 1.807) is 16.8 Å². The van der Waals surface area contributed by atoms with Gasteiger partial charge in [0, 0.05) is 12.4 Å². The molecule has 0 saturated heterocycles. The van der Waals surface area contributed by atoms with E-state index in [1.807, 2.05) is 24.3 Å². The number of imidazole rings is 1. The molecule has 0 amide bonds. The van der Waals surface area contributed by atoms with E-state index in [0.29, 0.717) is 5.65 Å². The van der Waals surface area contributed by atoms with Crippen molar-refractivity contribution in [3.63, 3.8) is 0 Å². The molecule has 0 aliphatic carbocycles. The van der Waals surface area contributed by atoms with E-state index >= 15 is 0 Å². The normalized spacial score (nSPS) is 10.4. The molecule has 0 unspecified atom stereocenters. The standard InChI is InChI=1S/C10H7N3O.ClH/c14-10-9-11-5-6-13(9)8-4-2-1-3-7(8)12-10;/h1-6H,(H,12,14);1H. The average Bonchev–Trinajstić information content (AvgIpc) is 2.67. The Morgan fingerprint density at radius 1 is 1.27 bits per heavy atom. The summed E-state index contributed by atoms with van der Waals surface area (Å²) in [7, 11) is 0. The van der Waals surface area contributed by atoms with Crippen LogP contribution in [0.4, 0.5) is 0 Å². The Morgan fingerprint density at radius 3 is 2.93 bits per heavy atom. The number of para-hydroxylation sites is 2. The molecule has 0 aliphatic rings. The summed E-state index contributed by atoms with van der Waals surface area (Å²) in [6, 6.07) is 7.64. The number of aromatic amines is 1. The first-order valence-electron chi connectivity index (χ1n) is 4.30. The lowest BCUT2D eigenvalue weighted by Crippen LogP contribution is -2.10. The van der Waals surface area contributed by atoms with Gasteiger partial charge in [0.15, 0.2) is 0 Å². The van der Waals surface area contributed by atoms with E-state index in [-0.39, 0.29) is 18.0 Å². The van der Waals surface area contributed by atoms with Crippen LogP contribution in [0.5, 0.6) is 0 Å². The van der Waals surface area contributed by atoms with Crippen molar-refractivity contribution in [2.24, 2.45) is 0 Å². The molecule has 0 aliphatic heterocycles. The average molecular weight is 222 g/mol. The molecule has 2 aromatic heterocycles. The Morgan fingerprint density at radius 2 is 2.07 bits per heavy atom. The van der Waals surface area contributed by atoms with Crippen molar-refractivity contribution in [3.05, 3.63) is 47.0 Å². The topological polar surface area (TPSA) is 50.2 Å². The molecule has 0 bridgehead atoms. The van der Waals surface area contributed by atoms with E-state index in [9.17, 15) is 4.79 Å². The molecule has 3 aromatic rings. The minimum Gasteiger partial charge on any atom is -0.317 e. The zero-order valence-corrected chi connectivity index (χ0v) is 8.49. The Balaban J connectivity index is 0.000000853. The lowest BCUT2D eigenvalue weighted by atomic mass is 10.3. The number of halogens is 1. The highest BCUT2D eigenvalue weighted by Gasteiger charge is 2.03. The smallest absolute Gasteiger partial charge is 0.292 e. The maximum absolute atomic E-state index is 11.5. The minimum absolute atomic E-state index is 0. The largest absolute Gasteiger partial charge is 0.317 e. The van der Waals surface area contributed by atoms with Crippen LogP contribution in [0, 0.1) is 0 Å². The van der Waals surface area contributed by atoms with Gasteiger partial charge in [-0.2, -0.15) is 0 Å². The van der Waals surface area contributed by atoms with Gasteiger partial charge in [0.25, 0.3) is 5.56 Å². The van der Waals surface area contributed by atoms with Crippen LogP contribution < -0.4 is 5.56 Å². The Labute approximate surface area is 91.0 Å². The highest BCUT2D eigenvalue weighted by molar-refractivity contribution is 5.85. The number of nitrogens with zero attached hydrogens (tertiary/aromatic N) is 2. The van der Waals surface area contributed by atoms with Crippen molar-refractivity contribution in [1.29, 1.82) is 0 Å². The second-order valence-electron chi connectivity index (χ2n) is 3.09. The third-order valence-corrected chi connectivity index (χ3v) is 2.26.